The SMILES string of the molecule is CCN(CC)CCNc1ncnc2c1c(-c1ccccc1)cn2-c1ccc(C)cc1. The van der Waals surface area contributed by atoms with E-state index >= 15 is 0 Å². The zero-order chi connectivity index (χ0) is 20.9. The van der Waals surface area contributed by atoms with Crippen molar-refractivity contribution >= 4 is 16.9 Å². The summed E-state index contributed by atoms with van der Waals surface area (Å²) in [4.78, 5) is 11.7. The van der Waals surface area contributed by atoms with E-state index < -0.39 is 0 Å². The Morgan fingerprint density at radius 2 is 1.67 bits per heavy atom. The summed E-state index contributed by atoms with van der Waals surface area (Å²) in [5, 5.41) is 4.62. The van der Waals surface area contributed by atoms with Crippen molar-refractivity contribution in [2.24, 2.45) is 0 Å². The number of fused-ring (bicyclic) bond motifs is 1. The monoisotopic (exact) mass is 399 g/mol. The molecule has 0 bridgehead atoms. The Morgan fingerprint density at radius 3 is 2.37 bits per heavy atom. The zero-order valence-corrected chi connectivity index (χ0v) is 18.0. The molecule has 2 aromatic carbocycles. The number of nitrogens with zero attached hydrogens (tertiary/aromatic N) is 4. The third-order valence-electron chi connectivity index (χ3n) is 5.59. The normalized spacial score (nSPS) is 11.3. The first-order chi connectivity index (χ1) is 14.7. The molecule has 5 nitrogen and oxygen atoms in total. The highest BCUT2D eigenvalue weighted by atomic mass is 15.1. The van der Waals surface area contributed by atoms with Gasteiger partial charge < -0.3 is 14.8 Å². The van der Waals surface area contributed by atoms with Crippen LogP contribution in [0.3, 0.4) is 0 Å². The molecule has 0 aliphatic carbocycles. The fourth-order valence-electron chi connectivity index (χ4n) is 3.81. The summed E-state index contributed by atoms with van der Waals surface area (Å²) in [5.41, 5.74) is 5.55. The summed E-state index contributed by atoms with van der Waals surface area (Å²) in [6.45, 7) is 10.4. The molecule has 2 heterocycles. The molecule has 0 fully saturated rings. The van der Waals surface area contributed by atoms with E-state index in [0.29, 0.717) is 0 Å². The first-order valence-corrected chi connectivity index (χ1v) is 10.7. The highest BCUT2D eigenvalue weighted by molar-refractivity contribution is 6.02. The van der Waals surface area contributed by atoms with Gasteiger partial charge in [-0.15, -0.1) is 0 Å². The van der Waals surface area contributed by atoms with E-state index in [0.717, 1.165) is 59.8 Å². The third-order valence-corrected chi connectivity index (χ3v) is 5.59. The van der Waals surface area contributed by atoms with Gasteiger partial charge in [0.05, 0.1) is 5.39 Å². The largest absolute Gasteiger partial charge is 0.368 e. The number of rotatable bonds is 8. The number of hydrogen-bond donors (Lipinski definition) is 1. The Hall–Kier alpha value is -3.18. The van der Waals surface area contributed by atoms with E-state index in [-0.39, 0.29) is 0 Å². The molecule has 0 saturated heterocycles. The van der Waals surface area contributed by atoms with E-state index in [1.807, 2.05) is 6.07 Å². The summed E-state index contributed by atoms with van der Waals surface area (Å²) in [6, 6.07) is 19.0. The van der Waals surface area contributed by atoms with Gasteiger partial charge >= 0.3 is 0 Å². The maximum Gasteiger partial charge on any atom is 0.150 e. The predicted octanol–water partition coefficient (Wildman–Crippen LogP) is 5.15. The lowest BCUT2D eigenvalue weighted by atomic mass is 10.1. The Labute approximate surface area is 178 Å². The van der Waals surface area contributed by atoms with Crippen molar-refractivity contribution in [3.8, 4) is 16.8 Å². The number of nitrogens with one attached hydrogen (secondary N) is 1. The third kappa shape index (κ3) is 4.07. The highest BCUT2D eigenvalue weighted by Gasteiger charge is 2.17. The lowest BCUT2D eigenvalue weighted by Crippen LogP contribution is -2.28. The molecule has 4 aromatic rings. The lowest BCUT2D eigenvalue weighted by molar-refractivity contribution is 0.316. The van der Waals surface area contributed by atoms with Crippen LogP contribution in [0.4, 0.5) is 5.82 Å². The topological polar surface area (TPSA) is 46.0 Å². The molecular weight excluding hydrogens is 370 g/mol. The molecule has 0 spiro atoms. The Balaban J connectivity index is 1.80. The molecule has 0 radical (unpaired) electrons. The number of aryl methyl sites for hydroxylation is 1. The van der Waals surface area contributed by atoms with E-state index in [1.165, 1.54) is 5.56 Å². The molecule has 0 unspecified atom stereocenters. The number of hydrogen-bond acceptors (Lipinski definition) is 4. The standard InChI is InChI=1S/C25H29N5/c1-4-29(5-2)16-15-26-24-23-22(20-9-7-6-8-10-20)17-30(25(23)28-18-27-24)21-13-11-19(3)12-14-21/h6-14,17-18H,4-5,15-16H2,1-3H3,(H,26,27,28). The smallest absolute Gasteiger partial charge is 0.150 e. The lowest BCUT2D eigenvalue weighted by Gasteiger charge is -2.18. The van der Waals surface area contributed by atoms with Crippen LogP contribution in [0.1, 0.15) is 19.4 Å². The van der Waals surface area contributed by atoms with Gasteiger partial charge in [-0.3, -0.25) is 0 Å². The van der Waals surface area contributed by atoms with Gasteiger partial charge in [-0.2, -0.15) is 0 Å². The molecule has 5 heteroatoms. The second-order valence-corrected chi connectivity index (χ2v) is 7.49. The van der Waals surface area contributed by atoms with E-state index in [1.54, 1.807) is 6.33 Å². The molecule has 2 aromatic heterocycles. The minimum Gasteiger partial charge on any atom is -0.368 e. The fraction of sp³-hybridized carbons (Fsp3) is 0.280. The number of aromatic nitrogens is 3. The van der Waals surface area contributed by atoms with E-state index in [2.05, 4.69) is 100 Å². The van der Waals surface area contributed by atoms with Gasteiger partial charge in [-0.25, -0.2) is 9.97 Å². The van der Waals surface area contributed by atoms with Crippen molar-refractivity contribution < 1.29 is 0 Å². The average Bonchev–Trinajstić information content (AvgIpc) is 3.18. The van der Waals surface area contributed by atoms with Crippen LogP contribution >= 0.6 is 0 Å². The molecule has 154 valence electrons. The Bertz CT molecular complexity index is 1100. The summed E-state index contributed by atoms with van der Waals surface area (Å²) >= 11 is 0. The van der Waals surface area contributed by atoms with Crippen LogP contribution < -0.4 is 5.32 Å². The van der Waals surface area contributed by atoms with E-state index in [4.69, 9.17) is 0 Å². The molecule has 0 atom stereocenters. The quantitative estimate of drug-likeness (QED) is 0.445. The Morgan fingerprint density at radius 1 is 0.933 bits per heavy atom. The summed E-state index contributed by atoms with van der Waals surface area (Å²) in [7, 11) is 0. The van der Waals surface area contributed by atoms with E-state index in [9.17, 15) is 0 Å². The Kier molecular flexibility index (Phi) is 6.10. The number of benzene rings is 2. The van der Waals surface area contributed by atoms with Gasteiger partial charge in [-0.1, -0.05) is 61.9 Å². The van der Waals surface area contributed by atoms with Crippen LogP contribution in [0.25, 0.3) is 27.8 Å². The van der Waals surface area contributed by atoms with Gasteiger partial charge in [-0.05, 0) is 37.7 Å². The van der Waals surface area contributed by atoms with Crippen LogP contribution in [0.5, 0.6) is 0 Å². The van der Waals surface area contributed by atoms with Gasteiger partial charge in [0.1, 0.15) is 12.1 Å². The minimum atomic E-state index is 0.845. The minimum absolute atomic E-state index is 0.845. The first-order valence-electron chi connectivity index (χ1n) is 10.7. The molecule has 30 heavy (non-hydrogen) atoms. The van der Waals surface area contributed by atoms with Crippen molar-refractivity contribution in [2.45, 2.75) is 20.8 Å². The first kappa shape index (κ1) is 20.1. The van der Waals surface area contributed by atoms with Crippen LogP contribution in [0.15, 0.2) is 67.1 Å². The fourth-order valence-corrected chi connectivity index (χ4v) is 3.81. The molecule has 0 aliphatic rings. The molecule has 1 N–H and O–H groups in total. The summed E-state index contributed by atoms with van der Waals surface area (Å²) in [6.07, 6.45) is 3.83. The van der Waals surface area contributed by atoms with Crippen molar-refractivity contribution in [1.82, 2.24) is 19.4 Å². The molecule has 4 rings (SSSR count). The second-order valence-electron chi connectivity index (χ2n) is 7.49. The van der Waals surface area contributed by atoms with Crippen LogP contribution in [0, 0.1) is 6.92 Å². The van der Waals surface area contributed by atoms with Crippen LogP contribution in [-0.2, 0) is 0 Å². The number of likely N-dealkylation sites (N-methyl/N-ethyl adjacent to an activating group) is 1. The predicted molar refractivity (Wildman–Crippen MR) is 125 cm³/mol. The average molecular weight is 400 g/mol. The second kappa shape index (κ2) is 9.09. The molecule has 0 saturated carbocycles. The zero-order valence-electron chi connectivity index (χ0n) is 18.0. The number of anilines is 1. The van der Waals surface area contributed by atoms with Gasteiger partial charge in [0.15, 0.2) is 5.65 Å². The van der Waals surface area contributed by atoms with Crippen LogP contribution in [-0.4, -0.2) is 45.6 Å². The van der Waals surface area contributed by atoms with Crippen molar-refractivity contribution in [3.05, 3.63) is 72.7 Å². The maximum absolute atomic E-state index is 4.66. The highest BCUT2D eigenvalue weighted by Crippen LogP contribution is 2.35. The molecule has 0 amide bonds. The summed E-state index contributed by atoms with van der Waals surface area (Å²) < 4.78 is 2.16. The van der Waals surface area contributed by atoms with Gasteiger partial charge in [0.25, 0.3) is 0 Å². The van der Waals surface area contributed by atoms with Gasteiger partial charge in [0.2, 0.25) is 0 Å². The van der Waals surface area contributed by atoms with Crippen molar-refractivity contribution in [3.63, 3.8) is 0 Å². The van der Waals surface area contributed by atoms with Gasteiger partial charge in [0, 0.05) is 30.5 Å². The molecular formula is C25H29N5. The maximum atomic E-state index is 4.66. The van der Waals surface area contributed by atoms with Crippen LogP contribution in [0.2, 0.25) is 0 Å². The summed E-state index contributed by atoms with van der Waals surface area (Å²) in [5.74, 6) is 0.886. The van der Waals surface area contributed by atoms with Crippen molar-refractivity contribution in [1.29, 1.82) is 0 Å². The van der Waals surface area contributed by atoms with Crippen molar-refractivity contribution in [2.75, 3.05) is 31.5 Å². The molecule has 0 aliphatic heterocycles.